The van der Waals surface area contributed by atoms with Crippen molar-refractivity contribution in [2.45, 2.75) is 88.8 Å². The molecule has 14 nitrogen and oxygen atoms in total. The molecule has 0 spiro atoms. The molecule has 6 atom stereocenters. The number of benzene rings is 3. The van der Waals surface area contributed by atoms with Crippen molar-refractivity contribution in [2.24, 2.45) is 17.6 Å². The number of ether oxygens (including phenoxy) is 3. The minimum atomic E-state index is -1.85. The number of ketones is 1. The number of carbonyl (C=O) groups is 5. The Morgan fingerprint density at radius 2 is 1.45 bits per heavy atom. The molecule has 58 heavy (non-hydrogen) atoms. The van der Waals surface area contributed by atoms with Gasteiger partial charge >= 0.3 is 12.1 Å². The van der Waals surface area contributed by atoms with Gasteiger partial charge in [0.05, 0.1) is 25.9 Å². The first-order valence-corrected chi connectivity index (χ1v) is 20.2. The van der Waals surface area contributed by atoms with E-state index in [1.54, 1.807) is 6.92 Å². The molecule has 0 aromatic heterocycles. The highest BCUT2D eigenvalue weighted by atomic mass is 16.7. The maximum atomic E-state index is 14.3. The number of nitrogens with one attached hydrogen (secondary N) is 3. The van der Waals surface area contributed by atoms with Gasteiger partial charge in [-0.05, 0) is 54.7 Å². The third-order valence-corrected chi connectivity index (χ3v) is 10.6. The van der Waals surface area contributed by atoms with E-state index in [-0.39, 0.29) is 37.9 Å². The molecule has 2 aliphatic rings. The van der Waals surface area contributed by atoms with Crippen LogP contribution in [0.3, 0.4) is 0 Å². The number of morpholine rings is 1. The van der Waals surface area contributed by atoms with Crippen LogP contribution in [0.4, 0.5) is 9.59 Å². The predicted molar refractivity (Wildman–Crippen MR) is 216 cm³/mol. The van der Waals surface area contributed by atoms with Gasteiger partial charge in [-0.1, -0.05) is 97.9 Å². The summed E-state index contributed by atoms with van der Waals surface area (Å²) >= 11 is 0. The van der Waals surface area contributed by atoms with Crippen molar-refractivity contribution >= 4 is 29.7 Å². The number of urea groups is 1. The van der Waals surface area contributed by atoms with Crippen LogP contribution < -0.4 is 21.7 Å². The summed E-state index contributed by atoms with van der Waals surface area (Å²) in [5, 5.41) is 20.0. The fourth-order valence-electron chi connectivity index (χ4n) is 7.19. The van der Waals surface area contributed by atoms with E-state index in [4.69, 9.17) is 19.9 Å². The van der Waals surface area contributed by atoms with Crippen LogP contribution in [0.5, 0.6) is 0 Å². The minimum Gasteiger partial charge on any atom is -0.420 e. The van der Waals surface area contributed by atoms with Crippen molar-refractivity contribution in [3.05, 3.63) is 108 Å². The molecule has 5 amide bonds. The first-order chi connectivity index (χ1) is 28.0. The third-order valence-electron chi connectivity index (χ3n) is 10.6. The lowest BCUT2D eigenvalue weighted by Crippen LogP contribution is -2.57. The number of aliphatic hydroxyl groups is 1. The van der Waals surface area contributed by atoms with Crippen LogP contribution in [0.1, 0.15) is 62.1 Å². The van der Waals surface area contributed by atoms with Gasteiger partial charge < -0.3 is 35.3 Å². The molecule has 3 aromatic carbocycles. The number of hydrogen-bond acceptors (Lipinski definition) is 10. The predicted octanol–water partition coefficient (Wildman–Crippen LogP) is 4.03. The lowest BCUT2D eigenvalue weighted by molar-refractivity contribution is -0.136. The quantitative estimate of drug-likeness (QED) is 0.117. The summed E-state index contributed by atoms with van der Waals surface area (Å²) in [5.41, 5.74) is 7.19. The Balaban J connectivity index is 1.29. The lowest BCUT2D eigenvalue weighted by Gasteiger charge is -2.34. The molecule has 2 heterocycles. The highest BCUT2D eigenvalue weighted by molar-refractivity contribution is 5.99. The fraction of sp³-hybridized carbons (Fsp3) is 0.477. The van der Waals surface area contributed by atoms with Crippen LogP contribution in [0.2, 0.25) is 0 Å². The van der Waals surface area contributed by atoms with Crippen LogP contribution in [0.15, 0.2) is 91.0 Å². The standard InChI is InChI=1S/C44H57N5O9/c1-31(39(45)41(52)46-36(29-34-17-9-4-10-18-34)40(51)47-42(53)49-22-25-56-26-23-49)27-37(50)35(28-33-15-7-3-8-16-33)30-44(55,21-20-32-13-5-2-6-14-32)48-43(54)58-38-19-11-12-24-57-38/h2-10,13-18,31,35-36,38-39,55H,11-12,19-30,45H2,1H3,(H,46,52)(H,48,54)(H,47,51,53). The molecule has 2 fully saturated rings. The molecule has 312 valence electrons. The van der Waals surface area contributed by atoms with Gasteiger partial charge in [-0.2, -0.15) is 0 Å². The Kier molecular flexibility index (Phi) is 16.8. The van der Waals surface area contributed by atoms with Crippen LogP contribution >= 0.6 is 0 Å². The Morgan fingerprint density at radius 3 is 2.05 bits per heavy atom. The average molecular weight is 800 g/mol. The highest BCUT2D eigenvalue weighted by Crippen LogP contribution is 2.28. The van der Waals surface area contributed by atoms with Crippen molar-refractivity contribution in [1.29, 1.82) is 0 Å². The smallest absolute Gasteiger partial charge is 0.411 e. The van der Waals surface area contributed by atoms with Gasteiger partial charge in [0.25, 0.3) is 5.91 Å². The summed E-state index contributed by atoms with van der Waals surface area (Å²) in [4.78, 5) is 69.0. The van der Waals surface area contributed by atoms with E-state index < -0.39 is 59.9 Å². The lowest BCUT2D eigenvalue weighted by atomic mass is 9.81. The number of carbonyl (C=O) groups excluding carboxylic acids is 5. The minimum absolute atomic E-state index is 0.0899. The van der Waals surface area contributed by atoms with E-state index >= 15 is 0 Å². The molecule has 6 N–H and O–H groups in total. The summed E-state index contributed by atoms with van der Waals surface area (Å²) in [6.07, 6.45) is 1.25. The molecule has 0 bridgehead atoms. The first-order valence-electron chi connectivity index (χ1n) is 20.2. The number of aryl methyl sites for hydroxylation is 1. The van der Waals surface area contributed by atoms with Gasteiger partial charge in [-0.25, -0.2) is 9.59 Å². The molecule has 2 aliphatic heterocycles. The monoisotopic (exact) mass is 799 g/mol. The Bertz CT molecular complexity index is 1770. The van der Waals surface area contributed by atoms with E-state index in [0.29, 0.717) is 45.8 Å². The second kappa shape index (κ2) is 22.1. The van der Waals surface area contributed by atoms with Gasteiger partial charge in [0, 0.05) is 44.7 Å². The van der Waals surface area contributed by atoms with Crippen LogP contribution in [0, 0.1) is 11.8 Å². The molecule has 14 heteroatoms. The second-order valence-electron chi connectivity index (χ2n) is 15.3. The molecule has 5 rings (SSSR count). The number of rotatable bonds is 18. The topological polar surface area (TPSA) is 199 Å². The molecule has 0 aliphatic carbocycles. The van der Waals surface area contributed by atoms with E-state index in [2.05, 4.69) is 16.0 Å². The number of hydrogen-bond donors (Lipinski definition) is 5. The van der Waals surface area contributed by atoms with Crippen LogP contribution in [0.25, 0.3) is 0 Å². The van der Waals surface area contributed by atoms with Gasteiger partial charge in [0.15, 0.2) is 0 Å². The zero-order valence-corrected chi connectivity index (χ0v) is 33.2. The highest BCUT2D eigenvalue weighted by Gasteiger charge is 2.38. The molecule has 2 saturated heterocycles. The molecular weight excluding hydrogens is 743 g/mol. The summed E-state index contributed by atoms with van der Waals surface area (Å²) in [7, 11) is 0. The van der Waals surface area contributed by atoms with E-state index in [0.717, 1.165) is 29.5 Å². The number of imide groups is 1. The van der Waals surface area contributed by atoms with Gasteiger partial charge in [0.1, 0.15) is 17.6 Å². The van der Waals surface area contributed by atoms with Crippen molar-refractivity contribution in [3.63, 3.8) is 0 Å². The number of Topliss-reactive ketones (excluding diaryl/α,β-unsaturated/α-hetero) is 1. The van der Waals surface area contributed by atoms with E-state index in [1.165, 1.54) is 4.90 Å². The first kappa shape index (κ1) is 44.0. The molecule has 0 saturated carbocycles. The van der Waals surface area contributed by atoms with Gasteiger partial charge in [-0.15, -0.1) is 0 Å². The molecule has 0 radical (unpaired) electrons. The average Bonchev–Trinajstić information content (AvgIpc) is 3.23. The maximum Gasteiger partial charge on any atom is 0.411 e. The number of nitrogens with zero attached hydrogens (tertiary/aromatic N) is 1. The summed E-state index contributed by atoms with van der Waals surface area (Å²) < 4.78 is 16.4. The van der Waals surface area contributed by atoms with E-state index in [1.807, 2.05) is 91.0 Å². The second-order valence-corrected chi connectivity index (χ2v) is 15.3. The SMILES string of the molecule is CC(CC(=O)C(Cc1ccccc1)CC(O)(CCc1ccccc1)NC(=O)OC1CCCCO1)C(N)C(=O)NC(Cc1ccccc1)C(=O)NC(=O)N1CCOCC1. The zero-order chi connectivity index (χ0) is 41.3. The normalized spacial score (nSPS) is 18.7. The number of amides is 5. The number of nitrogens with two attached hydrogens (primary N) is 1. The number of alkyl carbamates (subject to hydrolysis) is 1. The summed E-state index contributed by atoms with van der Waals surface area (Å²) in [6, 6.07) is 25.0. The Hall–Kier alpha value is -5.15. The van der Waals surface area contributed by atoms with Crippen molar-refractivity contribution in [2.75, 3.05) is 32.9 Å². The Labute approximate surface area is 340 Å². The third kappa shape index (κ3) is 14.0. The van der Waals surface area contributed by atoms with Crippen molar-refractivity contribution in [1.82, 2.24) is 20.9 Å². The van der Waals surface area contributed by atoms with Crippen molar-refractivity contribution in [3.8, 4) is 0 Å². The molecular formula is C44H57N5O9. The van der Waals surface area contributed by atoms with Gasteiger partial charge in [-0.3, -0.25) is 25.0 Å². The molecule has 6 unspecified atom stereocenters. The fourth-order valence-corrected chi connectivity index (χ4v) is 7.19. The Morgan fingerprint density at radius 1 is 0.845 bits per heavy atom. The van der Waals surface area contributed by atoms with Gasteiger partial charge in [0.2, 0.25) is 12.2 Å². The van der Waals surface area contributed by atoms with Crippen LogP contribution in [-0.4, -0.2) is 96.7 Å². The van der Waals surface area contributed by atoms with Crippen molar-refractivity contribution < 1.29 is 43.3 Å². The summed E-state index contributed by atoms with van der Waals surface area (Å²) in [5.74, 6) is -3.11. The largest absolute Gasteiger partial charge is 0.420 e. The zero-order valence-electron chi connectivity index (χ0n) is 33.2. The van der Waals surface area contributed by atoms with Crippen LogP contribution in [-0.2, 0) is 47.9 Å². The molecule has 3 aromatic rings. The van der Waals surface area contributed by atoms with E-state index in [9.17, 15) is 29.1 Å². The maximum absolute atomic E-state index is 14.3. The summed E-state index contributed by atoms with van der Waals surface area (Å²) in [6.45, 7) is 3.52.